The number of alkyl carbamates (subject to hydrolysis) is 1. The van der Waals surface area contributed by atoms with E-state index in [2.05, 4.69) is 5.32 Å². The van der Waals surface area contributed by atoms with Crippen molar-refractivity contribution in [2.24, 2.45) is 5.92 Å². The van der Waals surface area contributed by atoms with Crippen LogP contribution in [0.25, 0.3) is 0 Å². The van der Waals surface area contributed by atoms with Gasteiger partial charge in [0.05, 0.1) is 6.04 Å². The van der Waals surface area contributed by atoms with Gasteiger partial charge in [-0.15, -0.1) is 0 Å². The van der Waals surface area contributed by atoms with Gasteiger partial charge in [0, 0.05) is 0 Å². The van der Waals surface area contributed by atoms with Gasteiger partial charge in [-0.3, -0.25) is 0 Å². The first-order valence-electron chi connectivity index (χ1n) is 6.44. The van der Waals surface area contributed by atoms with Gasteiger partial charge in [0.15, 0.2) is 6.10 Å². The summed E-state index contributed by atoms with van der Waals surface area (Å²) < 4.78 is 42.4. The highest BCUT2D eigenvalue weighted by molar-refractivity contribution is 5.67. The number of aliphatic hydroxyl groups is 1. The fourth-order valence-corrected chi connectivity index (χ4v) is 1.71. The molecule has 0 saturated carbocycles. The summed E-state index contributed by atoms with van der Waals surface area (Å²) in [4.78, 5) is 11.6. The lowest BCUT2D eigenvalue weighted by Gasteiger charge is -2.28. The van der Waals surface area contributed by atoms with Crippen LogP contribution in [-0.4, -0.2) is 29.5 Å². The molecule has 0 bridgehead atoms. The lowest BCUT2D eigenvalue weighted by atomic mass is 9.98. The highest BCUT2D eigenvalue weighted by Crippen LogP contribution is 2.25. The number of benzene rings is 1. The number of ether oxygens (including phenoxy) is 1. The summed E-state index contributed by atoms with van der Waals surface area (Å²) in [5.41, 5.74) is 0.713. The number of carbonyl (C=O) groups excluding carboxylic acids is 1. The van der Waals surface area contributed by atoms with Crippen molar-refractivity contribution in [3.05, 3.63) is 35.9 Å². The summed E-state index contributed by atoms with van der Waals surface area (Å²) in [7, 11) is 0. The van der Waals surface area contributed by atoms with E-state index in [1.165, 1.54) is 13.8 Å². The molecule has 1 amide bonds. The van der Waals surface area contributed by atoms with Crippen molar-refractivity contribution in [1.82, 2.24) is 5.32 Å². The lowest BCUT2D eigenvalue weighted by molar-refractivity contribution is -0.214. The van der Waals surface area contributed by atoms with Crippen molar-refractivity contribution in [2.45, 2.75) is 38.8 Å². The van der Waals surface area contributed by atoms with Crippen molar-refractivity contribution in [2.75, 3.05) is 0 Å². The molecule has 1 aromatic carbocycles. The normalized spacial score (nSPS) is 14.6. The van der Waals surface area contributed by atoms with Gasteiger partial charge in [-0.1, -0.05) is 44.2 Å². The van der Waals surface area contributed by atoms with E-state index in [0.717, 1.165) is 0 Å². The van der Waals surface area contributed by atoms with E-state index in [1.54, 1.807) is 30.3 Å². The van der Waals surface area contributed by atoms with E-state index in [0.29, 0.717) is 5.56 Å². The summed E-state index contributed by atoms with van der Waals surface area (Å²) in [5.74, 6) is -0.606. The van der Waals surface area contributed by atoms with E-state index in [-0.39, 0.29) is 6.61 Å². The van der Waals surface area contributed by atoms with E-state index in [9.17, 15) is 23.1 Å². The Bertz CT molecular complexity index is 449. The zero-order chi connectivity index (χ0) is 16.0. The molecule has 0 aliphatic rings. The Morgan fingerprint density at radius 3 is 2.33 bits per heavy atom. The number of hydrogen-bond acceptors (Lipinski definition) is 3. The van der Waals surface area contributed by atoms with Crippen LogP contribution in [0.3, 0.4) is 0 Å². The van der Waals surface area contributed by atoms with Gasteiger partial charge in [-0.2, -0.15) is 13.2 Å². The standard InChI is InChI=1S/C14H18F3NO3/c1-9(2)11(12(19)14(15,16)17)18-13(20)21-8-10-6-4-3-5-7-10/h3-7,9,11-12,19H,8H2,1-2H3,(H,18,20)/t11-,12-/m1/s1. The molecular formula is C14H18F3NO3. The van der Waals surface area contributed by atoms with Crippen LogP contribution < -0.4 is 5.32 Å². The molecule has 2 N–H and O–H groups in total. The smallest absolute Gasteiger partial charge is 0.416 e. The predicted molar refractivity (Wildman–Crippen MR) is 70.5 cm³/mol. The maximum atomic E-state index is 12.5. The maximum Gasteiger partial charge on any atom is 0.416 e. The number of rotatable bonds is 5. The van der Waals surface area contributed by atoms with Crippen LogP contribution in [0, 0.1) is 5.92 Å². The number of aliphatic hydroxyl groups excluding tert-OH is 1. The zero-order valence-electron chi connectivity index (χ0n) is 11.7. The number of carbonyl (C=O) groups is 1. The molecule has 0 aliphatic heterocycles. The van der Waals surface area contributed by atoms with Gasteiger partial charge in [-0.25, -0.2) is 4.79 Å². The molecule has 0 spiro atoms. The molecule has 2 atom stereocenters. The second-order valence-electron chi connectivity index (χ2n) is 4.96. The van der Waals surface area contributed by atoms with Gasteiger partial charge < -0.3 is 15.2 Å². The number of alkyl halides is 3. The Morgan fingerprint density at radius 2 is 1.86 bits per heavy atom. The predicted octanol–water partition coefficient (Wildman–Crippen LogP) is 2.86. The van der Waals surface area contributed by atoms with Crippen molar-refractivity contribution >= 4 is 6.09 Å². The van der Waals surface area contributed by atoms with E-state index in [1.807, 2.05) is 0 Å². The Labute approximate surface area is 120 Å². The van der Waals surface area contributed by atoms with Gasteiger partial charge >= 0.3 is 12.3 Å². The Morgan fingerprint density at radius 1 is 1.29 bits per heavy atom. The SMILES string of the molecule is CC(C)[C@@H](NC(=O)OCc1ccccc1)[C@@H](O)C(F)(F)F. The molecule has 0 aliphatic carbocycles. The van der Waals surface area contributed by atoms with Crippen LogP contribution in [0.4, 0.5) is 18.0 Å². The monoisotopic (exact) mass is 305 g/mol. The van der Waals surface area contributed by atoms with Crippen molar-refractivity contribution in [3.63, 3.8) is 0 Å². The fourth-order valence-electron chi connectivity index (χ4n) is 1.71. The highest BCUT2D eigenvalue weighted by atomic mass is 19.4. The summed E-state index contributed by atoms with van der Waals surface area (Å²) in [6, 6.07) is 7.27. The minimum atomic E-state index is -4.80. The average molecular weight is 305 g/mol. The van der Waals surface area contributed by atoms with E-state index >= 15 is 0 Å². The first kappa shape index (κ1) is 17.3. The van der Waals surface area contributed by atoms with Crippen LogP contribution in [-0.2, 0) is 11.3 Å². The zero-order valence-corrected chi connectivity index (χ0v) is 11.7. The fraction of sp³-hybridized carbons (Fsp3) is 0.500. The van der Waals surface area contributed by atoms with E-state index < -0.39 is 30.3 Å². The highest BCUT2D eigenvalue weighted by Gasteiger charge is 2.45. The molecule has 0 heterocycles. The van der Waals surface area contributed by atoms with Crippen molar-refractivity contribution in [3.8, 4) is 0 Å². The molecule has 118 valence electrons. The van der Waals surface area contributed by atoms with E-state index in [4.69, 9.17) is 4.74 Å². The first-order valence-corrected chi connectivity index (χ1v) is 6.44. The molecule has 0 fully saturated rings. The average Bonchev–Trinajstić information content (AvgIpc) is 2.41. The summed E-state index contributed by atoms with van der Waals surface area (Å²) in [6.07, 6.45) is -8.44. The largest absolute Gasteiger partial charge is 0.445 e. The van der Waals surface area contributed by atoms with Crippen molar-refractivity contribution < 1.29 is 27.8 Å². The van der Waals surface area contributed by atoms with Gasteiger partial charge in [-0.05, 0) is 11.5 Å². The minimum Gasteiger partial charge on any atom is -0.445 e. The second kappa shape index (κ2) is 7.31. The number of amides is 1. The molecule has 7 heteroatoms. The third-order valence-corrected chi connectivity index (χ3v) is 2.89. The van der Waals surface area contributed by atoms with Crippen LogP contribution in [0.2, 0.25) is 0 Å². The Balaban J connectivity index is 2.57. The molecular weight excluding hydrogens is 287 g/mol. The topological polar surface area (TPSA) is 58.6 Å². The van der Waals surface area contributed by atoms with Crippen LogP contribution in [0.15, 0.2) is 30.3 Å². The van der Waals surface area contributed by atoms with Gasteiger partial charge in [0.1, 0.15) is 6.61 Å². The van der Waals surface area contributed by atoms with Crippen molar-refractivity contribution in [1.29, 1.82) is 0 Å². The summed E-state index contributed by atoms with van der Waals surface area (Å²) >= 11 is 0. The second-order valence-corrected chi connectivity index (χ2v) is 4.96. The van der Waals surface area contributed by atoms with Gasteiger partial charge in [0.2, 0.25) is 0 Å². The van der Waals surface area contributed by atoms with Crippen LogP contribution in [0.5, 0.6) is 0 Å². The molecule has 0 saturated heterocycles. The lowest BCUT2D eigenvalue weighted by Crippen LogP contribution is -2.52. The molecule has 0 aromatic heterocycles. The van der Waals surface area contributed by atoms with Crippen LogP contribution >= 0.6 is 0 Å². The molecule has 0 unspecified atom stereocenters. The summed E-state index contributed by atoms with van der Waals surface area (Å²) in [6.45, 7) is 2.88. The number of hydrogen-bond donors (Lipinski definition) is 2. The third kappa shape index (κ3) is 5.63. The minimum absolute atomic E-state index is 0.0560. The number of halogens is 3. The first-order chi connectivity index (χ1) is 9.71. The van der Waals surface area contributed by atoms with Gasteiger partial charge in [0.25, 0.3) is 0 Å². The summed E-state index contributed by atoms with van der Waals surface area (Å²) in [5, 5.41) is 11.3. The number of nitrogens with one attached hydrogen (secondary N) is 1. The molecule has 0 radical (unpaired) electrons. The molecule has 1 rings (SSSR count). The van der Waals surface area contributed by atoms with Crippen LogP contribution in [0.1, 0.15) is 19.4 Å². The molecule has 4 nitrogen and oxygen atoms in total. The Hall–Kier alpha value is -1.76. The molecule has 1 aromatic rings. The third-order valence-electron chi connectivity index (χ3n) is 2.89. The Kier molecular flexibility index (Phi) is 6.02. The quantitative estimate of drug-likeness (QED) is 0.879. The molecule has 21 heavy (non-hydrogen) atoms. The maximum absolute atomic E-state index is 12.5.